The molecule has 1 aromatic heterocycles. The van der Waals surface area contributed by atoms with Crippen LogP contribution in [0.4, 0.5) is 24.0 Å². The summed E-state index contributed by atoms with van der Waals surface area (Å²) in [6.45, 7) is -0.250. The number of nitrogens with one attached hydrogen (secondary N) is 2. The number of halogens is 4. The van der Waals surface area contributed by atoms with Crippen LogP contribution in [0.1, 0.15) is 19.3 Å². The first kappa shape index (κ1) is 26.2. The van der Waals surface area contributed by atoms with Crippen LogP contribution in [0.5, 0.6) is 0 Å². The van der Waals surface area contributed by atoms with E-state index in [1.165, 1.54) is 6.20 Å². The molecule has 2 aromatic rings. The second-order valence-corrected chi connectivity index (χ2v) is 10.1. The molecule has 0 bridgehead atoms. The Balaban J connectivity index is 0.00000114. The lowest BCUT2D eigenvalue weighted by atomic mass is 9.86. The Bertz CT molecular complexity index is 1020. The third-order valence-corrected chi connectivity index (χ3v) is 7.25. The lowest BCUT2D eigenvalue weighted by Gasteiger charge is -2.40. The van der Waals surface area contributed by atoms with Crippen LogP contribution < -0.4 is 10.0 Å². The van der Waals surface area contributed by atoms with E-state index in [1.807, 2.05) is 0 Å². The molecule has 8 nitrogen and oxygen atoms in total. The first-order valence-corrected chi connectivity index (χ1v) is 11.9. The summed E-state index contributed by atoms with van der Waals surface area (Å²) in [5, 5.41) is 11.5. The van der Waals surface area contributed by atoms with Crippen molar-refractivity contribution in [2.24, 2.45) is 0 Å². The first-order valence-electron chi connectivity index (χ1n) is 9.20. The molecule has 1 heterocycles. The van der Waals surface area contributed by atoms with Crippen molar-refractivity contribution in [3.05, 3.63) is 34.5 Å². The van der Waals surface area contributed by atoms with Crippen LogP contribution in [-0.2, 0) is 14.8 Å². The van der Waals surface area contributed by atoms with E-state index in [0.717, 1.165) is 23.5 Å². The maximum absolute atomic E-state index is 14.6. The molecule has 0 saturated heterocycles. The summed E-state index contributed by atoms with van der Waals surface area (Å²) >= 11 is 7.24. The van der Waals surface area contributed by atoms with Crippen molar-refractivity contribution >= 4 is 50.3 Å². The lowest BCUT2D eigenvalue weighted by Crippen LogP contribution is -2.50. The highest BCUT2D eigenvalue weighted by Crippen LogP contribution is 2.38. The number of rotatable bonds is 6. The summed E-state index contributed by atoms with van der Waals surface area (Å²) in [4.78, 5) is 13.2. The van der Waals surface area contributed by atoms with Crippen molar-refractivity contribution in [2.45, 2.75) is 42.2 Å². The first-order chi connectivity index (χ1) is 14.9. The molecule has 1 aliphatic rings. The molecule has 0 radical (unpaired) electrons. The van der Waals surface area contributed by atoms with Crippen LogP contribution >= 0.6 is 22.9 Å². The Hall–Kier alpha value is -2.09. The number of alkyl halides is 2. The smallest absolute Gasteiger partial charge is 0.290 e. The van der Waals surface area contributed by atoms with Gasteiger partial charge in [0.2, 0.25) is 5.92 Å². The van der Waals surface area contributed by atoms with E-state index < -0.39 is 38.7 Å². The fourth-order valence-corrected chi connectivity index (χ4v) is 5.47. The van der Waals surface area contributed by atoms with E-state index in [0.29, 0.717) is 0 Å². The van der Waals surface area contributed by atoms with Crippen LogP contribution in [0, 0.1) is 5.82 Å². The van der Waals surface area contributed by atoms with Crippen molar-refractivity contribution in [1.29, 1.82) is 0 Å². The van der Waals surface area contributed by atoms with Gasteiger partial charge in [0.05, 0.1) is 10.7 Å². The van der Waals surface area contributed by atoms with E-state index in [1.54, 1.807) is 24.4 Å². The molecule has 14 heteroatoms. The standard InChI is InChI=1S/C17H20ClF3N4O2S2.CH2O2/c1-25(2)14-9-17(20,21)4-3-12(14)23-13-8-11(19)15(7-10(13)18)29(26,27)24-16-22-5-6-28-16;2-1-3/h5-8,12,14,23H,3-4,9H2,1-2H3,(H,22,24);1H,(H,2,3)/t12-,14-;/m0./s1. The summed E-state index contributed by atoms with van der Waals surface area (Å²) in [5.74, 6) is -3.77. The van der Waals surface area contributed by atoms with Gasteiger partial charge in [-0.05, 0) is 32.6 Å². The zero-order chi connectivity index (χ0) is 24.1. The number of thiazole rings is 1. The average molecular weight is 515 g/mol. The van der Waals surface area contributed by atoms with Gasteiger partial charge in [-0.15, -0.1) is 11.3 Å². The number of sulfonamides is 1. The van der Waals surface area contributed by atoms with Crippen LogP contribution in [0.25, 0.3) is 0 Å². The number of anilines is 2. The fourth-order valence-electron chi connectivity index (χ4n) is 3.31. The Morgan fingerprint density at radius 2 is 2.03 bits per heavy atom. The van der Waals surface area contributed by atoms with E-state index in [2.05, 4.69) is 15.0 Å². The number of hydrogen-bond acceptors (Lipinski definition) is 7. The highest BCUT2D eigenvalue weighted by molar-refractivity contribution is 7.93. The maximum atomic E-state index is 14.6. The Morgan fingerprint density at radius 1 is 1.38 bits per heavy atom. The fraction of sp³-hybridized carbons (Fsp3) is 0.444. The molecule has 1 saturated carbocycles. The second-order valence-electron chi connectivity index (χ2n) is 7.19. The van der Waals surface area contributed by atoms with Gasteiger partial charge in [0.25, 0.3) is 16.5 Å². The minimum absolute atomic E-state index is 0.0271. The molecule has 3 N–H and O–H groups in total. The van der Waals surface area contributed by atoms with Gasteiger partial charge in [0.1, 0.15) is 10.7 Å². The number of nitrogens with zero attached hydrogens (tertiary/aromatic N) is 2. The van der Waals surface area contributed by atoms with Gasteiger partial charge in [0, 0.05) is 36.5 Å². The quantitative estimate of drug-likeness (QED) is 0.500. The molecule has 1 aliphatic carbocycles. The average Bonchev–Trinajstić information content (AvgIpc) is 3.18. The Kier molecular flexibility index (Phi) is 8.74. The highest BCUT2D eigenvalue weighted by atomic mass is 35.5. The van der Waals surface area contributed by atoms with Gasteiger partial charge in [0.15, 0.2) is 5.13 Å². The number of carboxylic acid groups (broad SMARTS) is 1. The van der Waals surface area contributed by atoms with Crippen molar-refractivity contribution in [1.82, 2.24) is 9.88 Å². The molecule has 0 amide bonds. The monoisotopic (exact) mass is 514 g/mol. The van der Waals surface area contributed by atoms with E-state index in [9.17, 15) is 21.6 Å². The molecule has 178 valence electrons. The molecule has 1 aromatic carbocycles. The predicted octanol–water partition coefficient (Wildman–Crippen LogP) is 3.97. The molecule has 0 unspecified atom stereocenters. The molecule has 1 fully saturated rings. The molecule has 3 rings (SSSR count). The van der Waals surface area contributed by atoms with Crippen LogP contribution in [0.3, 0.4) is 0 Å². The number of likely N-dealkylation sites (N-methyl/N-ethyl adjacent to an activating group) is 1. The zero-order valence-corrected chi connectivity index (χ0v) is 19.4. The summed E-state index contributed by atoms with van der Waals surface area (Å²) in [5.41, 5.74) is 0.152. The third-order valence-electron chi connectivity index (χ3n) is 4.76. The third kappa shape index (κ3) is 6.70. The van der Waals surface area contributed by atoms with Gasteiger partial charge in [-0.3, -0.25) is 9.52 Å². The van der Waals surface area contributed by atoms with Crippen molar-refractivity contribution in [3.8, 4) is 0 Å². The Morgan fingerprint density at radius 3 is 2.59 bits per heavy atom. The van der Waals surface area contributed by atoms with Gasteiger partial charge in [-0.25, -0.2) is 26.6 Å². The summed E-state index contributed by atoms with van der Waals surface area (Å²) < 4.78 is 69.3. The molecule has 0 aliphatic heterocycles. The van der Waals surface area contributed by atoms with E-state index >= 15 is 0 Å². The largest absolute Gasteiger partial charge is 0.483 e. The van der Waals surface area contributed by atoms with Gasteiger partial charge >= 0.3 is 0 Å². The van der Waals surface area contributed by atoms with E-state index in [-0.39, 0.29) is 41.6 Å². The number of aromatic nitrogens is 1. The highest BCUT2D eigenvalue weighted by Gasteiger charge is 2.42. The molecular formula is C18H22ClF3N4O4S2. The molecule has 0 spiro atoms. The van der Waals surface area contributed by atoms with Crippen LogP contribution in [0.2, 0.25) is 5.02 Å². The number of hydrogen-bond donors (Lipinski definition) is 3. The molecule has 2 atom stereocenters. The maximum Gasteiger partial charge on any atom is 0.290 e. The second kappa shape index (κ2) is 10.7. The lowest BCUT2D eigenvalue weighted by molar-refractivity contribution is -0.122. The topological polar surface area (TPSA) is 112 Å². The van der Waals surface area contributed by atoms with Gasteiger partial charge in [-0.1, -0.05) is 11.6 Å². The molecular weight excluding hydrogens is 493 g/mol. The molecule has 32 heavy (non-hydrogen) atoms. The van der Waals surface area contributed by atoms with Gasteiger partial charge < -0.3 is 15.3 Å². The summed E-state index contributed by atoms with van der Waals surface area (Å²) in [7, 11) is -0.828. The van der Waals surface area contributed by atoms with E-state index in [4.69, 9.17) is 21.5 Å². The number of carbonyl (C=O) groups is 1. The van der Waals surface area contributed by atoms with Gasteiger partial charge in [-0.2, -0.15) is 0 Å². The summed E-state index contributed by atoms with van der Waals surface area (Å²) in [6, 6.07) is 1.08. The van der Waals surface area contributed by atoms with Crippen molar-refractivity contribution in [3.63, 3.8) is 0 Å². The summed E-state index contributed by atoms with van der Waals surface area (Å²) in [6.07, 6.45) is 0.953. The van der Waals surface area contributed by atoms with Crippen LogP contribution in [0.15, 0.2) is 28.6 Å². The number of benzene rings is 1. The van der Waals surface area contributed by atoms with Crippen molar-refractivity contribution < 1.29 is 31.5 Å². The normalized spacial score (nSPS) is 20.2. The minimum atomic E-state index is -4.22. The SMILES string of the molecule is CN(C)[C@H]1CC(F)(F)CC[C@@H]1Nc1cc(F)c(S(=O)(=O)Nc2nccs2)cc1Cl.O=CO. The Labute approximate surface area is 192 Å². The predicted molar refractivity (Wildman–Crippen MR) is 117 cm³/mol. The van der Waals surface area contributed by atoms with Crippen molar-refractivity contribution in [2.75, 3.05) is 24.1 Å². The minimum Gasteiger partial charge on any atom is -0.483 e. The zero-order valence-electron chi connectivity index (χ0n) is 17.1. The van der Waals surface area contributed by atoms with Crippen LogP contribution in [-0.4, -0.2) is 62.0 Å².